The van der Waals surface area contributed by atoms with E-state index in [4.69, 9.17) is 0 Å². The normalized spacial score (nSPS) is 16.8. The summed E-state index contributed by atoms with van der Waals surface area (Å²) in [5, 5.41) is 2.99. The van der Waals surface area contributed by atoms with Crippen LogP contribution in [0.15, 0.2) is 0 Å². The molecule has 4 aromatic carbocycles. The molecule has 72 heavy (non-hydrogen) atoms. The number of hydrogen-bond acceptors (Lipinski definition) is 0. The maximum atomic E-state index is 15.4. The third kappa shape index (κ3) is 9.49. The molecule has 2 aliphatic carbocycles. The second kappa shape index (κ2) is 22.5. The molecule has 0 radical (unpaired) electrons. The van der Waals surface area contributed by atoms with Gasteiger partial charge in [-0.15, -0.1) is 21.9 Å². The minimum Gasteiger partial charge on any atom is -0.340 e. The van der Waals surface area contributed by atoms with Crippen molar-refractivity contribution in [2.45, 2.75) is 144 Å². The maximum Gasteiger partial charge on any atom is 0.200 e. The average molecular weight is 1060 g/mol. The van der Waals surface area contributed by atoms with Crippen LogP contribution in [0.1, 0.15) is 131 Å². The van der Waals surface area contributed by atoms with E-state index in [9.17, 15) is 52.7 Å². The summed E-state index contributed by atoms with van der Waals surface area (Å²) >= 11 is 0. The lowest BCUT2D eigenvalue weighted by molar-refractivity contribution is -0.750. The fraction of sp³-hybridized carbons (Fsp3) is 0.520. The van der Waals surface area contributed by atoms with E-state index in [1.54, 1.807) is 0 Å². The first-order valence-corrected chi connectivity index (χ1v) is 23.7. The molecule has 0 heterocycles. The monoisotopic (exact) mass is 1060 g/mol. The highest BCUT2D eigenvalue weighted by Crippen LogP contribution is 2.48. The van der Waals surface area contributed by atoms with Gasteiger partial charge in [-0.1, -0.05) is 92.9 Å². The standard InChI is InChI=1S/C26H51N.C24BF20/c1-7-15-23(25(21(3)4)17-11-9-12-18-25)27-24(16-8-2)26(22(5)6)19-13-10-14-20-26;26-5-1(6(27)14(35)21(42)13(5)34)25(2-7(28)15(36)22(43)16(37)8(2)29,3-9(30)17(38)23(44)18(39)10(3)31)4-11(32)19(40)24(45)20(41)12(4)33/h21-24,27H,7-20H2,1-6H3;/q;-1/p+1. The molecule has 2 atom stereocenters. The van der Waals surface area contributed by atoms with Crippen LogP contribution in [-0.4, -0.2) is 18.2 Å². The summed E-state index contributed by atoms with van der Waals surface area (Å²) in [7, 11) is 0. The Labute approximate surface area is 403 Å². The average Bonchev–Trinajstić information content (AvgIpc) is 3.36. The summed E-state index contributed by atoms with van der Waals surface area (Å²) in [6, 6.07) is 1.69. The van der Waals surface area contributed by atoms with Crippen LogP contribution in [0.4, 0.5) is 87.8 Å². The maximum absolute atomic E-state index is 15.4. The van der Waals surface area contributed by atoms with E-state index in [1.807, 2.05) is 0 Å². The van der Waals surface area contributed by atoms with Crippen molar-refractivity contribution in [2.24, 2.45) is 22.7 Å². The lowest BCUT2D eigenvalue weighted by Crippen LogP contribution is -3.00. The van der Waals surface area contributed by atoms with E-state index in [0.29, 0.717) is 10.8 Å². The molecule has 0 aromatic heterocycles. The van der Waals surface area contributed by atoms with Crippen molar-refractivity contribution in [3.05, 3.63) is 116 Å². The number of quaternary nitrogens is 1. The van der Waals surface area contributed by atoms with Crippen molar-refractivity contribution < 1.29 is 93.1 Å². The van der Waals surface area contributed by atoms with E-state index >= 15 is 35.1 Å². The second-order valence-corrected chi connectivity index (χ2v) is 19.7. The summed E-state index contributed by atoms with van der Waals surface area (Å²) in [6.07, 6.45) is 13.1. The zero-order valence-electron chi connectivity index (χ0n) is 39.9. The Morgan fingerprint density at radius 3 is 0.667 bits per heavy atom. The fourth-order valence-corrected chi connectivity index (χ4v) is 12.1. The quantitative estimate of drug-likeness (QED) is 0.0561. The summed E-state index contributed by atoms with van der Waals surface area (Å²) in [5.41, 5.74) is -13.1. The first-order chi connectivity index (χ1) is 33.6. The lowest BCUT2D eigenvalue weighted by Gasteiger charge is -2.51. The number of halogens is 20. The molecule has 1 nitrogen and oxygen atoms in total. The molecule has 22 heteroatoms. The molecule has 0 saturated heterocycles. The number of nitrogens with two attached hydrogens (primary N) is 1. The molecule has 2 N–H and O–H groups in total. The minimum atomic E-state index is -7.22. The molecule has 0 spiro atoms. The van der Waals surface area contributed by atoms with E-state index in [-0.39, 0.29) is 0 Å². The van der Waals surface area contributed by atoms with Gasteiger partial charge in [-0.25, -0.2) is 87.8 Å². The van der Waals surface area contributed by atoms with Crippen molar-refractivity contribution in [2.75, 3.05) is 0 Å². The van der Waals surface area contributed by atoms with Crippen LogP contribution in [-0.2, 0) is 0 Å². The van der Waals surface area contributed by atoms with Crippen molar-refractivity contribution in [1.29, 1.82) is 0 Å². The first-order valence-electron chi connectivity index (χ1n) is 23.7. The first kappa shape index (κ1) is 58.4. The van der Waals surface area contributed by atoms with Crippen molar-refractivity contribution in [1.82, 2.24) is 0 Å². The Balaban J connectivity index is 0.000000304. The van der Waals surface area contributed by atoms with Gasteiger partial charge >= 0.3 is 0 Å². The van der Waals surface area contributed by atoms with Gasteiger partial charge in [0.25, 0.3) is 0 Å². The van der Waals surface area contributed by atoms with E-state index < -0.39 is 144 Å². The molecular weight excluding hydrogens is 1010 g/mol. The molecule has 6 rings (SSSR count). The van der Waals surface area contributed by atoms with Gasteiger partial charge in [0.2, 0.25) is 0 Å². The van der Waals surface area contributed by atoms with Gasteiger partial charge < -0.3 is 5.32 Å². The molecule has 0 aliphatic heterocycles. The Bertz CT molecular complexity index is 2220. The van der Waals surface area contributed by atoms with Crippen molar-refractivity contribution >= 4 is 28.0 Å². The van der Waals surface area contributed by atoms with Gasteiger partial charge in [0.05, 0.1) is 12.1 Å². The number of rotatable bonds is 14. The number of hydrogen-bond donors (Lipinski definition) is 1. The molecule has 2 unspecified atom stereocenters. The zero-order chi connectivity index (χ0) is 54.3. The lowest BCUT2D eigenvalue weighted by atomic mass is 9.12. The van der Waals surface area contributed by atoms with Crippen molar-refractivity contribution in [3.8, 4) is 0 Å². The third-order valence-corrected chi connectivity index (χ3v) is 15.7. The Morgan fingerprint density at radius 1 is 0.319 bits per heavy atom. The van der Waals surface area contributed by atoms with Gasteiger partial charge in [-0.3, -0.25) is 0 Å². The smallest absolute Gasteiger partial charge is 0.200 e. The van der Waals surface area contributed by atoms with Crippen LogP contribution in [0.2, 0.25) is 0 Å². The molecule has 2 saturated carbocycles. The SMILES string of the molecule is CCCC([NH2+]C(CCC)C1(C(C)C)CCCCC1)C1(C(C)C)CCCCC1.Fc1c(F)c(F)c([B-](c2c(F)c(F)c(F)c(F)c2F)(c2c(F)c(F)c(F)c(F)c2F)c2c(F)c(F)c(F)c(F)c2F)c(F)c1F. The topological polar surface area (TPSA) is 16.6 Å². The van der Waals surface area contributed by atoms with Crippen LogP contribution in [0.3, 0.4) is 0 Å². The Hall–Kier alpha value is -4.50. The Kier molecular flexibility index (Phi) is 18.3. The summed E-state index contributed by atoms with van der Waals surface area (Å²) in [5.74, 6) is -69.7. The van der Waals surface area contributed by atoms with E-state index in [0.717, 1.165) is 23.9 Å². The highest BCUT2D eigenvalue weighted by molar-refractivity contribution is 7.20. The largest absolute Gasteiger partial charge is 0.340 e. The minimum absolute atomic E-state index is 0.590. The van der Waals surface area contributed by atoms with Crippen LogP contribution in [0.25, 0.3) is 0 Å². The molecule has 400 valence electrons. The highest BCUT2D eigenvalue weighted by Gasteiger charge is 2.53. The summed E-state index contributed by atoms with van der Waals surface area (Å²) in [6.45, 7) is 15.0. The molecule has 0 amide bonds. The van der Waals surface area contributed by atoms with E-state index in [1.165, 1.54) is 89.9 Å². The van der Waals surface area contributed by atoms with E-state index in [2.05, 4.69) is 46.9 Å². The van der Waals surface area contributed by atoms with Gasteiger partial charge in [0, 0.05) is 10.8 Å². The van der Waals surface area contributed by atoms with Crippen molar-refractivity contribution in [3.63, 3.8) is 0 Å². The highest BCUT2D eigenvalue weighted by atomic mass is 19.2. The van der Waals surface area contributed by atoms with Crippen LogP contribution in [0.5, 0.6) is 0 Å². The predicted molar refractivity (Wildman–Crippen MR) is 229 cm³/mol. The molecule has 2 aliphatic rings. The fourth-order valence-electron chi connectivity index (χ4n) is 12.1. The van der Waals surface area contributed by atoms with Gasteiger partial charge in [0.1, 0.15) is 52.7 Å². The van der Waals surface area contributed by atoms with Gasteiger partial charge in [-0.05, 0) is 50.4 Å². The second-order valence-electron chi connectivity index (χ2n) is 19.7. The molecular formula is C50H52BF20N. The van der Waals surface area contributed by atoms with Crippen LogP contribution >= 0.6 is 0 Å². The predicted octanol–water partition coefficient (Wildman–Crippen LogP) is 12.9. The van der Waals surface area contributed by atoms with Gasteiger partial charge in [0.15, 0.2) is 69.8 Å². The van der Waals surface area contributed by atoms with Gasteiger partial charge in [-0.2, -0.15) is 0 Å². The molecule has 4 aromatic rings. The molecule has 0 bridgehead atoms. The zero-order valence-corrected chi connectivity index (χ0v) is 39.9. The summed E-state index contributed by atoms with van der Waals surface area (Å²) < 4.78 is 294. The molecule has 2 fully saturated rings. The van der Waals surface area contributed by atoms with Crippen LogP contribution in [0, 0.1) is 139 Å². The Morgan fingerprint density at radius 2 is 0.500 bits per heavy atom. The van der Waals surface area contributed by atoms with Crippen LogP contribution < -0.4 is 27.2 Å². The summed E-state index contributed by atoms with van der Waals surface area (Å²) in [4.78, 5) is 0. The third-order valence-electron chi connectivity index (χ3n) is 15.7. The number of benzene rings is 4.